The second kappa shape index (κ2) is 6.80. The molecule has 1 unspecified atom stereocenters. The molecule has 0 aromatic heterocycles. The van der Waals surface area contributed by atoms with Crippen molar-refractivity contribution in [2.75, 3.05) is 11.9 Å². The molecule has 3 nitrogen and oxygen atoms in total. The zero-order valence-electron chi connectivity index (χ0n) is 9.97. The van der Waals surface area contributed by atoms with Gasteiger partial charge < -0.3 is 11.1 Å². The highest BCUT2D eigenvalue weighted by Crippen LogP contribution is 2.23. The maximum Gasteiger partial charge on any atom is 0.224 e. The average molecular weight is 321 g/mol. The number of amides is 1. The van der Waals surface area contributed by atoms with Crippen molar-refractivity contribution in [1.82, 2.24) is 0 Å². The van der Waals surface area contributed by atoms with Crippen molar-refractivity contribution in [2.24, 2.45) is 11.7 Å². The molecule has 0 aliphatic rings. The minimum Gasteiger partial charge on any atom is -0.330 e. The molecule has 1 atom stereocenters. The van der Waals surface area contributed by atoms with Gasteiger partial charge in [0.05, 0.1) is 10.2 Å². The Kier molecular flexibility index (Phi) is 5.68. The summed E-state index contributed by atoms with van der Waals surface area (Å²) in [4.78, 5) is 11.5. The Morgan fingerprint density at radius 3 is 2.72 bits per heavy atom. The molecule has 1 aromatic carbocycles. The van der Waals surface area contributed by atoms with Crippen LogP contribution in [0.2, 0.25) is 0 Å². The Morgan fingerprint density at radius 2 is 2.11 bits per heavy atom. The molecular weight excluding hydrogens is 306 g/mol. The van der Waals surface area contributed by atoms with E-state index in [1.165, 1.54) is 0 Å². The Bertz CT molecular complexity index is 440. The second-order valence-electron chi connectivity index (χ2n) is 4.17. The van der Waals surface area contributed by atoms with Crippen LogP contribution in [0.1, 0.15) is 19.8 Å². The van der Waals surface area contributed by atoms with Crippen LogP contribution in [0.25, 0.3) is 0 Å². The molecule has 0 spiro atoms. The lowest BCUT2D eigenvalue weighted by Gasteiger charge is -2.09. The monoisotopic (exact) mass is 320 g/mol. The summed E-state index contributed by atoms with van der Waals surface area (Å²) in [5.74, 6) is -1.43. The fourth-order valence-corrected chi connectivity index (χ4v) is 1.64. The van der Waals surface area contributed by atoms with Gasteiger partial charge in [0.15, 0.2) is 0 Å². The fraction of sp³-hybridized carbons (Fsp3) is 0.417. The minimum atomic E-state index is -0.677. The van der Waals surface area contributed by atoms with E-state index in [9.17, 15) is 13.6 Å². The standard InChI is InChI=1S/C12H15BrF2N2O/c1-7(6-16)2-3-12(18)17-11-5-9(14)8(13)4-10(11)15/h4-5,7H,2-3,6,16H2,1H3,(H,17,18). The van der Waals surface area contributed by atoms with Gasteiger partial charge >= 0.3 is 0 Å². The molecular formula is C12H15BrF2N2O. The van der Waals surface area contributed by atoms with Crippen molar-refractivity contribution in [3.63, 3.8) is 0 Å². The molecule has 1 rings (SSSR count). The van der Waals surface area contributed by atoms with Gasteiger partial charge in [-0.2, -0.15) is 0 Å². The molecule has 18 heavy (non-hydrogen) atoms. The third-order valence-electron chi connectivity index (χ3n) is 2.55. The number of nitrogens with one attached hydrogen (secondary N) is 1. The SMILES string of the molecule is CC(CN)CCC(=O)Nc1cc(F)c(Br)cc1F. The Labute approximate surface area is 113 Å². The number of nitrogens with two attached hydrogens (primary N) is 1. The molecule has 0 fully saturated rings. The number of benzene rings is 1. The third kappa shape index (κ3) is 4.34. The molecule has 0 saturated carbocycles. The van der Waals surface area contributed by atoms with E-state index >= 15 is 0 Å². The number of hydrogen-bond donors (Lipinski definition) is 2. The third-order valence-corrected chi connectivity index (χ3v) is 3.16. The average Bonchev–Trinajstić information content (AvgIpc) is 2.33. The van der Waals surface area contributed by atoms with Crippen LogP contribution < -0.4 is 11.1 Å². The van der Waals surface area contributed by atoms with Gasteiger partial charge in [-0.1, -0.05) is 6.92 Å². The molecule has 0 heterocycles. The first kappa shape index (κ1) is 15.0. The van der Waals surface area contributed by atoms with Crippen molar-refractivity contribution in [2.45, 2.75) is 19.8 Å². The van der Waals surface area contributed by atoms with E-state index in [-0.39, 0.29) is 28.4 Å². The number of rotatable bonds is 5. The van der Waals surface area contributed by atoms with Crippen molar-refractivity contribution < 1.29 is 13.6 Å². The van der Waals surface area contributed by atoms with Crippen LogP contribution in [0.15, 0.2) is 16.6 Å². The molecule has 1 amide bonds. The summed E-state index contributed by atoms with van der Waals surface area (Å²) in [7, 11) is 0. The zero-order valence-corrected chi connectivity index (χ0v) is 11.6. The molecule has 3 N–H and O–H groups in total. The Hall–Kier alpha value is -1.01. The largest absolute Gasteiger partial charge is 0.330 e. The summed E-state index contributed by atoms with van der Waals surface area (Å²) < 4.78 is 26.6. The molecule has 0 bridgehead atoms. The molecule has 0 radical (unpaired) electrons. The smallest absolute Gasteiger partial charge is 0.224 e. The summed E-state index contributed by atoms with van der Waals surface area (Å²) in [6.07, 6.45) is 0.846. The molecule has 1 aromatic rings. The van der Waals surface area contributed by atoms with Crippen LogP contribution in [-0.2, 0) is 4.79 Å². The maximum atomic E-state index is 13.4. The maximum absolute atomic E-state index is 13.4. The number of halogens is 3. The minimum absolute atomic E-state index is 0.0229. The Morgan fingerprint density at radius 1 is 1.44 bits per heavy atom. The van der Waals surface area contributed by atoms with Crippen LogP contribution in [0.3, 0.4) is 0 Å². The molecule has 0 saturated heterocycles. The summed E-state index contributed by atoms with van der Waals surface area (Å²) in [5, 5.41) is 2.34. The van der Waals surface area contributed by atoms with Crippen LogP contribution in [0.4, 0.5) is 14.5 Å². The van der Waals surface area contributed by atoms with Gasteiger partial charge in [-0.3, -0.25) is 4.79 Å². The van der Waals surface area contributed by atoms with Gasteiger partial charge in [0.1, 0.15) is 11.6 Å². The number of anilines is 1. The summed E-state index contributed by atoms with van der Waals surface area (Å²) in [6.45, 7) is 2.42. The van der Waals surface area contributed by atoms with Gasteiger partial charge in [0.25, 0.3) is 0 Å². The summed E-state index contributed by atoms with van der Waals surface area (Å²) in [5.41, 5.74) is 5.27. The van der Waals surface area contributed by atoms with Crippen LogP contribution >= 0.6 is 15.9 Å². The van der Waals surface area contributed by atoms with Gasteiger partial charge in [-0.15, -0.1) is 0 Å². The van der Waals surface area contributed by atoms with Crippen LogP contribution in [-0.4, -0.2) is 12.5 Å². The van der Waals surface area contributed by atoms with Crippen LogP contribution in [0, 0.1) is 17.6 Å². The van der Waals surface area contributed by atoms with Crippen molar-refractivity contribution in [3.05, 3.63) is 28.2 Å². The van der Waals surface area contributed by atoms with Crippen molar-refractivity contribution in [1.29, 1.82) is 0 Å². The normalized spacial score (nSPS) is 12.3. The summed E-state index contributed by atoms with van der Waals surface area (Å²) >= 11 is 2.86. The number of hydrogen-bond acceptors (Lipinski definition) is 2. The Balaban J connectivity index is 2.62. The highest BCUT2D eigenvalue weighted by atomic mass is 79.9. The lowest BCUT2D eigenvalue weighted by atomic mass is 10.1. The van der Waals surface area contributed by atoms with E-state index < -0.39 is 11.6 Å². The van der Waals surface area contributed by atoms with E-state index in [4.69, 9.17) is 5.73 Å². The van der Waals surface area contributed by atoms with Gasteiger partial charge in [-0.05, 0) is 40.9 Å². The van der Waals surface area contributed by atoms with Gasteiger partial charge in [0.2, 0.25) is 5.91 Å². The quantitative estimate of drug-likeness (QED) is 0.819. The predicted octanol–water partition coefficient (Wildman–Crippen LogP) is 3.04. The van der Waals surface area contributed by atoms with E-state index in [2.05, 4.69) is 21.2 Å². The number of carbonyl (C=O) groups excluding carboxylic acids is 1. The molecule has 6 heteroatoms. The van der Waals surface area contributed by atoms with Crippen molar-refractivity contribution >= 4 is 27.5 Å². The van der Waals surface area contributed by atoms with Gasteiger partial charge in [0, 0.05) is 12.5 Å². The summed E-state index contributed by atoms with van der Waals surface area (Å²) in [6, 6.07) is 1.93. The first-order valence-corrected chi connectivity index (χ1v) is 6.37. The number of carbonyl (C=O) groups is 1. The highest BCUT2D eigenvalue weighted by molar-refractivity contribution is 9.10. The zero-order chi connectivity index (χ0) is 13.7. The van der Waals surface area contributed by atoms with Crippen LogP contribution in [0.5, 0.6) is 0 Å². The molecule has 0 aliphatic heterocycles. The fourth-order valence-electron chi connectivity index (χ4n) is 1.33. The topological polar surface area (TPSA) is 55.1 Å². The van der Waals surface area contributed by atoms with Crippen molar-refractivity contribution in [3.8, 4) is 0 Å². The van der Waals surface area contributed by atoms with Gasteiger partial charge in [-0.25, -0.2) is 8.78 Å². The van der Waals surface area contributed by atoms with E-state index in [0.717, 1.165) is 12.1 Å². The van der Waals surface area contributed by atoms with E-state index in [1.54, 1.807) is 0 Å². The molecule has 0 aliphatic carbocycles. The lowest BCUT2D eigenvalue weighted by molar-refractivity contribution is -0.116. The predicted molar refractivity (Wildman–Crippen MR) is 70.1 cm³/mol. The first-order chi connectivity index (χ1) is 8.43. The highest BCUT2D eigenvalue weighted by Gasteiger charge is 2.11. The second-order valence-corrected chi connectivity index (χ2v) is 5.03. The molecule has 100 valence electrons. The van der Waals surface area contributed by atoms with E-state index in [0.29, 0.717) is 13.0 Å². The lowest BCUT2D eigenvalue weighted by Crippen LogP contribution is -2.17. The van der Waals surface area contributed by atoms with E-state index in [1.807, 2.05) is 6.92 Å². The first-order valence-electron chi connectivity index (χ1n) is 5.58.